The number of likely N-dealkylation sites (tertiary alicyclic amines) is 1. The van der Waals surface area contributed by atoms with Crippen LogP contribution in [0.3, 0.4) is 0 Å². The summed E-state index contributed by atoms with van der Waals surface area (Å²) < 4.78 is 5.17. The van der Waals surface area contributed by atoms with Gasteiger partial charge in [0.15, 0.2) is 5.76 Å². The van der Waals surface area contributed by atoms with E-state index in [1.54, 1.807) is 22.5 Å². The van der Waals surface area contributed by atoms with Crippen LogP contribution >= 0.6 is 11.3 Å². The van der Waals surface area contributed by atoms with Crippen LogP contribution in [0.1, 0.15) is 35.5 Å². The van der Waals surface area contributed by atoms with E-state index in [0.717, 1.165) is 23.5 Å². The Morgan fingerprint density at radius 3 is 3.00 bits per heavy atom. The van der Waals surface area contributed by atoms with E-state index in [0.29, 0.717) is 13.0 Å². The summed E-state index contributed by atoms with van der Waals surface area (Å²) in [6.45, 7) is 2.41. The van der Waals surface area contributed by atoms with Crippen LogP contribution in [0.25, 0.3) is 0 Å². The topological polar surface area (TPSA) is 75.4 Å². The van der Waals surface area contributed by atoms with Gasteiger partial charge in [-0.25, -0.2) is 4.98 Å². The molecule has 0 aliphatic carbocycles. The number of amides is 2. The van der Waals surface area contributed by atoms with Crippen LogP contribution in [0.15, 0.2) is 28.3 Å². The number of furan rings is 1. The van der Waals surface area contributed by atoms with Crippen LogP contribution in [0.5, 0.6) is 0 Å². The summed E-state index contributed by atoms with van der Waals surface area (Å²) >= 11 is 1.38. The first-order chi connectivity index (χ1) is 10.7. The highest BCUT2D eigenvalue weighted by Gasteiger charge is 2.34. The van der Waals surface area contributed by atoms with Gasteiger partial charge in [-0.15, -0.1) is 11.3 Å². The average molecular weight is 319 g/mol. The fourth-order valence-corrected chi connectivity index (χ4v) is 3.31. The Morgan fingerprint density at radius 1 is 1.45 bits per heavy atom. The molecule has 2 amide bonds. The van der Waals surface area contributed by atoms with E-state index in [1.165, 1.54) is 17.6 Å². The maximum absolute atomic E-state index is 12.5. The van der Waals surface area contributed by atoms with Gasteiger partial charge in [0, 0.05) is 6.54 Å². The average Bonchev–Trinajstić information content (AvgIpc) is 3.19. The van der Waals surface area contributed by atoms with E-state index in [9.17, 15) is 9.59 Å². The summed E-state index contributed by atoms with van der Waals surface area (Å²) in [5.74, 6) is -0.119. The molecule has 0 aromatic carbocycles. The minimum Gasteiger partial charge on any atom is -0.459 e. The van der Waals surface area contributed by atoms with Gasteiger partial charge in [0.2, 0.25) is 5.91 Å². The summed E-state index contributed by atoms with van der Waals surface area (Å²) in [6, 6.07) is 2.83. The Bertz CT molecular complexity index is 665. The number of aryl methyl sites for hydroxylation is 1. The maximum atomic E-state index is 12.5. The molecule has 1 N–H and O–H groups in total. The van der Waals surface area contributed by atoms with Gasteiger partial charge in [0.1, 0.15) is 11.0 Å². The molecule has 6 nitrogen and oxygen atoms in total. The number of nitrogens with zero attached hydrogens (tertiary/aromatic N) is 2. The first kappa shape index (κ1) is 14.8. The first-order valence-corrected chi connectivity index (χ1v) is 8.10. The molecule has 1 saturated heterocycles. The van der Waals surface area contributed by atoms with Crippen molar-refractivity contribution in [2.24, 2.45) is 0 Å². The summed E-state index contributed by atoms with van der Waals surface area (Å²) in [5, 5.41) is 3.62. The molecule has 2 aromatic rings. The van der Waals surface area contributed by atoms with Gasteiger partial charge >= 0.3 is 0 Å². The quantitative estimate of drug-likeness (QED) is 0.944. The lowest BCUT2D eigenvalue weighted by molar-refractivity contribution is -0.121. The van der Waals surface area contributed by atoms with Crippen molar-refractivity contribution in [1.82, 2.24) is 9.88 Å². The number of rotatable bonds is 3. The molecule has 22 heavy (non-hydrogen) atoms. The normalized spacial score (nSPS) is 18.2. The van der Waals surface area contributed by atoms with Crippen LogP contribution in [0.2, 0.25) is 0 Å². The molecule has 3 heterocycles. The lowest BCUT2D eigenvalue weighted by Gasteiger charge is -2.34. The van der Waals surface area contributed by atoms with E-state index in [2.05, 4.69) is 10.3 Å². The first-order valence-electron chi connectivity index (χ1n) is 7.22. The highest BCUT2D eigenvalue weighted by atomic mass is 32.1. The third kappa shape index (κ3) is 2.89. The molecule has 116 valence electrons. The van der Waals surface area contributed by atoms with Crippen molar-refractivity contribution >= 4 is 28.2 Å². The van der Waals surface area contributed by atoms with Crippen LogP contribution in [-0.2, 0) is 4.79 Å². The highest BCUT2D eigenvalue weighted by Crippen LogP contribution is 2.24. The van der Waals surface area contributed by atoms with Gasteiger partial charge in [-0.1, -0.05) is 0 Å². The van der Waals surface area contributed by atoms with Crippen LogP contribution in [0.4, 0.5) is 5.00 Å². The van der Waals surface area contributed by atoms with E-state index in [4.69, 9.17) is 4.42 Å². The molecule has 1 aliphatic heterocycles. The third-order valence-corrected chi connectivity index (χ3v) is 4.62. The molecule has 7 heteroatoms. The van der Waals surface area contributed by atoms with Crippen molar-refractivity contribution < 1.29 is 14.0 Å². The number of hydrogen-bond acceptors (Lipinski definition) is 5. The zero-order chi connectivity index (χ0) is 15.5. The molecule has 1 atom stereocenters. The second-order valence-electron chi connectivity index (χ2n) is 5.24. The number of carbonyl (C=O) groups excluding carboxylic acids is 2. The SMILES string of the molecule is Cc1ncsc1NC(=O)C1CCCCN1C(=O)c1ccco1. The number of hydrogen-bond donors (Lipinski definition) is 1. The number of carbonyl (C=O) groups is 2. The smallest absolute Gasteiger partial charge is 0.290 e. The third-order valence-electron chi connectivity index (χ3n) is 3.78. The molecule has 0 bridgehead atoms. The number of anilines is 1. The van der Waals surface area contributed by atoms with Crippen molar-refractivity contribution in [1.29, 1.82) is 0 Å². The van der Waals surface area contributed by atoms with Crippen molar-refractivity contribution in [2.75, 3.05) is 11.9 Å². The molecule has 1 fully saturated rings. The van der Waals surface area contributed by atoms with Gasteiger partial charge in [-0.3, -0.25) is 9.59 Å². The lowest BCUT2D eigenvalue weighted by Crippen LogP contribution is -2.49. The minimum atomic E-state index is -0.465. The molecule has 0 radical (unpaired) electrons. The molecule has 1 unspecified atom stereocenters. The van der Waals surface area contributed by atoms with E-state index in [-0.39, 0.29) is 17.6 Å². The van der Waals surface area contributed by atoms with Gasteiger partial charge < -0.3 is 14.6 Å². The minimum absolute atomic E-state index is 0.160. The predicted octanol–water partition coefficient (Wildman–Crippen LogP) is 2.68. The molecular weight excluding hydrogens is 302 g/mol. The van der Waals surface area contributed by atoms with Gasteiger partial charge in [0.05, 0.1) is 17.5 Å². The summed E-state index contributed by atoms with van der Waals surface area (Å²) in [7, 11) is 0. The number of piperidine rings is 1. The number of thiazole rings is 1. The van der Waals surface area contributed by atoms with Crippen LogP contribution < -0.4 is 5.32 Å². The van der Waals surface area contributed by atoms with Gasteiger partial charge in [-0.05, 0) is 38.3 Å². The Balaban J connectivity index is 1.76. The van der Waals surface area contributed by atoms with Crippen molar-refractivity contribution in [3.63, 3.8) is 0 Å². The summed E-state index contributed by atoms with van der Waals surface area (Å²) in [5.41, 5.74) is 2.48. The standard InChI is InChI=1S/C15H17N3O3S/c1-10-14(22-9-16-10)17-13(19)11-5-2-3-7-18(11)15(20)12-6-4-8-21-12/h4,6,8-9,11H,2-3,5,7H2,1H3,(H,17,19). The van der Waals surface area contributed by atoms with Crippen molar-refractivity contribution in [3.05, 3.63) is 35.4 Å². The van der Waals surface area contributed by atoms with E-state index in [1.807, 2.05) is 6.92 Å². The largest absolute Gasteiger partial charge is 0.459 e. The zero-order valence-electron chi connectivity index (χ0n) is 12.2. The van der Waals surface area contributed by atoms with Crippen molar-refractivity contribution in [3.8, 4) is 0 Å². The Labute approximate surface area is 132 Å². The van der Waals surface area contributed by atoms with Crippen LogP contribution in [-0.4, -0.2) is 34.3 Å². The molecular formula is C15H17N3O3S. The monoisotopic (exact) mass is 319 g/mol. The zero-order valence-corrected chi connectivity index (χ0v) is 13.1. The number of nitrogens with one attached hydrogen (secondary N) is 1. The predicted molar refractivity (Wildman–Crippen MR) is 82.9 cm³/mol. The molecule has 0 spiro atoms. The second kappa shape index (κ2) is 6.31. The second-order valence-corrected chi connectivity index (χ2v) is 6.10. The Hall–Kier alpha value is -2.15. The molecule has 0 saturated carbocycles. The van der Waals surface area contributed by atoms with E-state index >= 15 is 0 Å². The van der Waals surface area contributed by atoms with Crippen molar-refractivity contribution in [2.45, 2.75) is 32.2 Å². The Morgan fingerprint density at radius 2 is 2.32 bits per heavy atom. The maximum Gasteiger partial charge on any atom is 0.290 e. The number of aromatic nitrogens is 1. The van der Waals surface area contributed by atoms with E-state index < -0.39 is 6.04 Å². The summed E-state index contributed by atoms with van der Waals surface area (Å²) in [6.07, 6.45) is 3.96. The molecule has 1 aliphatic rings. The van der Waals surface area contributed by atoms with Crippen LogP contribution in [0, 0.1) is 6.92 Å². The molecule has 3 rings (SSSR count). The fourth-order valence-electron chi connectivity index (χ4n) is 2.61. The highest BCUT2D eigenvalue weighted by molar-refractivity contribution is 7.14. The van der Waals surface area contributed by atoms with Gasteiger partial charge in [0.25, 0.3) is 5.91 Å². The van der Waals surface area contributed by atoms with Gasteiger partial charge in [-0.2, -0.15) is 0 Å². The Kier molecular flexibility index (Phi) is 4.24. The molecule has 2 aromatic heterocycles. The summed E-state index contributed by atoms with van der Waals surface area (Å²) in [4.78, 5) is 30.8. The fraction of sp³-hybridized carbons (Fsp3) is 0.400. The lowest BCUT2D eigenvalue weighted by atomic mass is 10.0.